The number of rotatable bonds is 12. The van der Waals surface area contributed by atoms with Crippen LogP contribution in [0.5, 0.6) is 11.5 Å². The highest BCUT2D eigenvalue weighted by atomic mass is 35.5. The smallest absolute Gasteiger partial charge is 0.254 e. The van der Waals surface area contributed by atoms with Crippen LogP contribution in [0.2, 0.25) is 5.02 Å². The molecule has 0 bridgehead atoms. The van der Waals surface area contributed by atoms with E-state index in [1.165, 1.54) is 5.57 Å². The van der Waals surface area contributed by atoms with Crippen LogP contribution in [0, 0.1) is 17.8 Å². The minimum Gasteiger partial charge on any atom is -0.493 e. The molecule has 0 radical (unpaired) electrons. The fourth-order valence-electron chi connectivity index (χ4n) is 7.19. The quantitative estimate of drug-likeness (QED) is 0.246. The summed E-state index contributed by atoms with van der Waals surface area (Å²) in [7, 11) is 1.55. The van der Waals surface area contributed by atoms with Crippen LogP contribution in [0.25, 0.3) is 10.9 Å². The van der Waals surface area contributed by atoms with Crippen molar-refractivity contribution in [3.05, 3.63) is 82.5 Å². The van der Waals surface area contributed by atoms with E-state index in [0.29, 0.717) is 61.5 Å². The summed E-state index contributed by atoms with van der Waals surface area (Å²) >= 11 is 6.17. The highest BCUT2D eigenvalue weighted by Crippen LogP contribution is 2.37. The van der Waals surface area contributed by atoms with Crippen molar-refractivity contribution in [1.82, 2.24) is 20.1 Å². The minimum absolute atomic E-state index is 0.0429. The predicted octanol–water partition coefficient (Wildman–Crippen LogP) is 5.42. The number of H-pyrrole nitrogens is 1. The topological polar surface area (TPSA) is 113 Å². The Morgan fingerprint density at radius 1 is 1.04 bits per heavy atom. The van der Waals surface area contributed by atoms with E-state index in [1.54, 1.807) is 35.1 Å². The second-order valence-corrected chi connectivity index (χ2v) is 13.8. The molecular formula is C38H45ClN4O6. The molecule has 49 heavy (non-hydrogen) atoms. The zero-order valence-corrected chi connectivity index (χ0v) is 29.1. The van der Waals surface area contributed by atoms with Crippen LogP contribution in [-0.4, -0.2) is 91.7 Å². The maximum Gasteiger partial charge on any atom is 0.254 e. The number of likely N-dealkylation sites (tertiary alicyclic amines) is 2. The van der Waals surface area contributed by atoms with Gasteiger partial charge in [-0.25, -0.2) is 0 Å². The van der Waals surface area contributed by atoms with E-state index in [2.05, 4.69) is 22.5 Å². The van der Waals surface area contributed by atoms with Gasteiger partial charge in [0.1, 0.15) is 0 Å². The summed E-state index contributed by atoms with van der Waals surface area (Å²) < 4.78 is 17.2. The van der Waals surface area contributed by atoms with Gasteiger partial charge in [-0.3, -0.25) is 14.4 Å². The zero-order chi connectivity index (χ0) is 34.5. The van der Waals surface area contributed by atoms with Crippen molar-refractivity contribution in [2.24, 2.45) is 17.8 Å². The summed E-state index contributed by atoms with van der Waals surface area (Å²) in [5, 5.41) is 4.63. The van der Waals surface area contributed by atoms with E-state index in [9.17, 15) is 14.4 Å². The SMILES string of the molecule is COc1cc(C(=O)N2CC3CN(C(=O)Cc4c[nH]c5cc(Cl)ccc45)CC(C(=O)NCCOCC4=CC=CCC4)C3C2)ccc1OC(C)C. The van der Waals surface area contributed by atoms with E-state index in [0.717, 1.165) is 29.3 Å². The molecule has 3 atom stereocenters. The molecule has 1 aliphatic carbocycles. The predicted molar refractivity (Wildman–Crippen MR) is 189 cm³/mol. The first-order chi connectivity index (χ1) is 23.7. The van der Waals surface area contributed by atoms with E-state index in [-0.39, 0.29) is 48.6 Å². The average Bonchev–Trinajstić information content (AvgIpc) is 3.71. The molecule has 3 unspecified atom stereocenters. The van der Waals surface area contributed by atoms with Gasteiger partial charge in [0.05, 0.1) is 38.8 Å². The van der Waals surface area contributed by atoms with Gasteiger partial charge in [-0.15, -0.1) is 0 Å². The van der Waals surface area contributed by atoms with Crippen molar-refractivity contribution < 1.29 is 28.6 Å². The first-order valence-electron chi connectivity index (χ1n) is 17.1. The third-order valence-electron chi connectivity index (χ3n) is 9.63. The Bertz CT molecular complexity index is 1750. The number of carbonyl (C=O) groups excluding carboxylic acids is 3. The molecule has 3 amide bonds. The standard InChI is InChI=1S/C38H45ClN4O6/c1-24(2)49-34-12-9-26(15-35(34)47-3)38(46)43-20-28-19-42(36(44)16-27-18-41-33-17-29(39)10-11-30(27)33)22-32(31(28)21-43)37(45)40-13-14-48-23-25-7-5-4-6-8-25/h4-5,7,9-12,15,17-18,24,28,31-32,41H,6,8,13-14,16,19-23H2,1-3H3,(H,40,45). The van der Waals surface area contributed by atoms with Crippen molar-refractivity contribution >= 4 is 40.2 Å². The monoisotopic (exact) mass is 688 g/mol. The molecule has 0 spiro atoms. The largest absolute Gasteiger partial charge is 0.493 e. The second-order valence-electron chi connectivity index (χ2n) is 13.4. The lowest BCUT2D eigenvalue weighted by Gasteiger charge is -2.39. The molecule has 3 aromatic rings. The van der Waals surface area contributed by atoms with E-state index in [1.807, 2.05) is 44.3 Å². The molecule has 2 saturated heterocycles. The Morgan fingerprint density at radius 2 is 1.88 bits per heavy atom. The van der Waals surface area contributed by atoms with Crippen molar-refractivity contribution in [2.75, 3.05) is 53.0 Å². The van der Waals surface area contributed by atoms with Crippen LogP contribution in [0.3, 0.4) is 0 Å². The van der Waals surface area contributed by atoms with E-state index >= 15 is 0 Å². The van der Waals surface area contributed by atoms with Gasteiger partial charge in [0.25, 0.3) is 5.91 Å². The number of hydrogen-bond acceptors (Lipinski definition) is 6. The number of piperidine rings is 1. The average molecular weight is 689 g/mol. The number of ether oxygens (including phenoxy) is 3. The molecule has 3 aliphatic rings. The first-order valence-corrected chi connectivity index (χ1v) is 17.4. The number of methoxy groups -OCH3 is 1. The summed E-state index contributed by atoms with van der Waals surface area (Å²) in [5.74, 6) is 0.140. The van der Waals surface area contributed by atoms with Gasteiger partial charge in [-0.05, 0) is 80.0 Å². The highest BCUT2D eigenvalue weighted by molar-refractivity contribution is 6.31. The molecule has 2 fully saturated rings. The number of aromatic amines is 1. The number of fused-ring (bicyclic) bond motifs is 2. The van der Waals surface area contributed by atoms with E-state index < -0.39 is 5.92 Å². The van der Waals surface area contributed by atoms with Gasteiger partial charge < -0.3 is 34.3 Å². The molecule has 1 aromatic heterocycles. The Morgan fingerprint density at radius 3 is 2.65 bits per heavy atom. The molecule has 260 valence electrons. The lowest BCUT2D eigenvalue weighted by molar-refractivity contribution is -0.138. The van der Waals surface area contributed by atoms with Gasteiger partial charge in [0, 0.05) is 60.4 Å². The third kappa shape index (κ3) is 8.13. The number of nitrogens with zero attached hydrogens (tertiary/aromatic N) is 2. The fourth-order valence-corrected chi connectivity index (χ4v) is 7.36. The molecular weight excluding hydrogens is 644 g/mol. The summed E-state index contributed by atoms with van der Waals surface area (Å²) in [6, 6.07) is 10.8. The number of benzene rings is 2. The highest BCUT2D eigenvalue weighted by Gasteiger charge is 2.47. The molecule has 6 rings (SSSR count). The van der Waals surface area contributed by atoms with Crippen molar-refractivity contribution in [1.29, 1.82) is 0 Å². The lowest BCUT2D eigenvalue weighted by atomic mass is 9.79. The van der Waals surface area contributed by atoms with Gasteiger partial charge in [0.2, 0.25) is 11.8 Å². The Kier molecular flexibility index (Phi) is 10.9. The molecule has 10 nitrogen and oxygen atoms in total. The number of amides is 3. The van der Waals surface area contributed by atoms with Gasteiger partial charge in [-0.2, -0.15) is 0 Å². The molecule has 2 aromatic carbocycles. The third-order valence-corrected chi connectivity index (χ3v) is 9.87. The molecule has 2 N–H and O–H groups in total. The number of halogens is 1. The van der Waals surface area contributed by atoms with Crippen molar-refractivity contribution in [3.63, 3.8) is 0 Å². The summed E-state index contributed by atoms with van der Waals surface area (Å²) in [5.41, 5.74) is 3.48. The number of hydrogen-bond donors (Lipinski definition) is 2. The maximum atomic E-state index is 13.8. The zero-order valence-electron chi connectivity index (χ0n) is 28.4. The first kappa shape index (κ1) is 34.6. The number of nitrogens with one attached hydrogen (secondary N) is 2. The Hall–Kier alpha value is -4.28. The van der Waals surface area contributed by atoms with Crippen molar-refractivity contribution in [2.45, 2.75) is 39.2 Å². The van der Waals surface area contributed by atoms with Crippen LogP contribution in [0.15, 0.2) is 66.4 Å². The maximum absolute atomic E-state index is 13.8. The lowest BCUT2D eigenvalue weighted by Crippen LogP contribution is -2.53. The fraction of sp³-hybridized carbons (Fsp3) is 0.447. The molecule has 3 heterocycles. The molecule has 11 heteroatoms. The number of allylic oxidation sites excluding steroid dienone is 3. The molecule has 0 saturated carbocycles. The summed E-state index contributed by atoms with van der Waals surface area (Å²) in [6.45, 7) is 6.81. The molecule has 2 aliphatic heterocycles. The van der Waals surface area contributed by atoms with Crippen LogP contribution in [-0.2, 0) is 20.7 Å². The van der Waals surface area contributed by atoms with Gasteiger partial charge in [-0.1, -0.05) is 35.9 Å². The van der Waals surface area contributed by atoms with E-state index in [4.69, 9.17) is 25.8 Å². The van der Waals surface area contributed by atoms with Gasteiger partial charge in [0.15, 0.2) is 11.5 Å². The van der Waals surface area contributed by atoms with Crippen LogP contribution >= 0.6 is 11.6 Å². The Labute approximate surface area is 292 Å². The van der Waals surface area contributed by atoms with Gasteiger partial charge >= 0.3 is 0 Å². The summed E-state index contributed by atoms with van der Waals surface area (Å²) in [6.07, 6.45) is 10.3. The minimum atomic E-state index is -0.468. The Balaban J connectivity index is 1.15. The van der Waals surface area contributed by atoms with Crippen LogP contribution in [0.1, 0.15) is 42.6 Å². The normalized spacial score (nSPS) is 20.3. The van der Waals surface area contributed by atoms with Crippen LogP contribution in [0.4, 0.5) is 0 Å². The number of aromatic nitrogens is 1. The van der Waals surface area contributed by atoms with Crippen molar-refractivity contribution in [3.8, 4) is 11.5 Å². The number of carbonyl (C=O) groups is 3. The summed E-state index contributed by atoms with van der Waals surface area (Å²) in [4.78, 5) is 48.2. The van der Waals surface area contributed by atoms with Crippen LogP contribution < -0.4 is 14.8 Å². The second kappa shape index (κ2) is 15.5.